The van der Waals surface area contributed by atoms with E-state index in [0.29, 0.717) is 5.41 Å². The smallest absolute Gasteiger partial charge is 0.0321 e. The molecule has 0 radical (unpaired) electrons. The summed E-state index contributed by atoms with van der Waals surface area (Å²) < 4.78 is 0. The monoisotopic (exact) mass is 843 g/mol. The van der Waals surface area contributed by atoms with Crippen molar-refractivity contribution in [1.29, 1.82) is 0 Å². The summed E-state index contributed by atoms with van der Waals surface area (Å²) in [5, 5.41) is 0. The predicted molar refractivity (Wildman–Crippen MR) is 279 cm³/mol. The highest BCUT2D eigenvalue weighted by molar-refractivity contribution is 4.83. The van der Waals surface area contributed by atoms with E-state index >= 15 is 0 Å². The molecule has 0 saturated heterocycles. The van der Waals surface area contributed by atoms with Crippen molar-refractivity contribution in [2.24, 2.45) is 23.2 Å². The zero-order chi connectivity index (χ0) is 43.9. The Labute approximate surface area is 384 Å². The summed E-state index contributed by atoms with van der Waals surface area (Å²) in [6.45, 7) is 17.1. The molecule has 0 heteroatoms. The van der Waals surface area contributed by atoms with E-state index in [1.165, 1.54) is 295 Å². The van der Waals surface area contributed by atoms with Gasteiger partial charge in [-0.25, -0.2) is 0 Å². The predicted octanol–water partition coefficient (Wildman–Crippen LogP) is 23.1. The van der Waals surface area contributed by atoms with Gasteiger partial charge < -0.3 is 0 Å². The third-order valence-electron chi connectivity index (χ3n) is 15.2. The molecule has 0 spiro atoms. The molecule has 0 nitrogen and oxygen atoms in total. The first-order valence-corrected chi connectivity index (χ1v) is 29.5. The quantitative estimate of drug-likeness (QED) is 0.0535. The molecule has 4 atom stereocenters. The van der Waals surface area contributed by atoms with Crippen molar-refractivity contribution >= 4 is 0 Å². The standard InChI is InChI=1S/C60H122/c1-8-14-20-26-32-34-39-43-49-57(48-42-36-28-22-16-10-3)54-59(52-46-38-30-24-18-12-5)56-60(7,53-47-41-31-25-19-13-6)55-58(50-44-37-29-23-17-11-4)51-45-40-35-33-27-21-15-9-2/h57-59H,8-56H2,1-7H3. The van der Waals surface area contributed by atoms with Crippen LogP contribution < -0.4 is 0 Å². The normalized spacial score (nSPS) is 14.4. The molecule has 0 aliphatic rings. The Morgan fingerprint density at radius 3 is 0.750 bits per heavy atom. The maximum Gasteiger partial charge on any atom is -0.0321 e. The minimum atomic E-state index is 0.536. The molecule has 0 heterocycles. The average molecular weight is 844 g/mol. The SMILES string of the molecule is CCCCCCCCCCC(CCCCCCCC)CC(CCCCCCCC)CC(C)(CCCCCCCC)CC(CCCCCCCC)CCCCCCCCCC. The highest BCUT2D eigenvalue weighted by Gasteiger charge is 2.32. The molecule has 0 aliphatic heterocycles. The van der Waals surface area contributed by atoms with Gasteiger partial charge in [-0.05, 0) is 48.9 Å². The van der Waals surface area contributed by atoms with Gasteiger partial charge in [0, 0.05) is 0 Å². The lowest BCUT2D eigenvalue weighted by molar-refractivity contribution is 0.133. The van der Waals surface area contributed by atoms with Gasteiger partial charge in [-0.2, -0.15) is 0 Å². The minimum Gasteiger partial charge on any atom is -0.0654 e. The zero-order valence-corrected chi connectivity index (χ0v) is 43.9. The number of hydrogen-bond acceptors (Lipinski definition) is 0. The van der Waals surface area contributed by atoms with E-state index in [1.54, 1.807) is 19.3 Å². The summed E-state index contributed by atoms with van der Waals surface area (Å²) in [7, 11) is 0. The van der Waals surface area contributed by atoms with Gasteiger partial charge in [0.15, 0.2) is 0 Å². The van der Waals surface area contributed by atoms with Crippen molar-refractivity contribution < 1.29 is 0 Å². The van der Waals surface area contributed by atoms with E-state index in [0.717, 1.165) is 17.8 Å². The Bertz CT molecular complexity index is 768. The summed E-state index contributed by atoms with van der Waals surface area (Å²) >= 11 is 0. The van der Waals surface area contributed by atoms with Crippen LogP contribution >= 0.6 is 0 Å². The van der Waals surface area contributed by atoms with Crippen molar-refractivity contribution in [3.05, 3.63) is 0 Å². The lowest BCUT2D eigenvalue weighted by atomic mass is 9.67. The first-order valence-electron chi connectivity index (χ1n) is 29.5. The second-order valence-corrected chi connectivity index (χ2v) is 21.8. The summed E-state index contributed by atoms with van der Waals surface area (Å²) in [6, 6.07) is 0. The fourth-order valence-electron chi connectivity index (χ4n) is 11.3. The highest BCUT2D eigenvalue weighted by Crippen LogP contribution is 2.44. The van der Waals surface area contributed by atoms with Crippen molar-refractivity contribution in [3.63, 3.8) is 0 Å². The van der Waals surface area contributed by atoms with Crippen molar-refractivity contribution in [2.45, 2.75) is 363 Å². The molecule has 0 aromatic carbocycles. The van der Waals surface area contributed by atoms with E-state index in [2.05, 4.69) is 48.5 Å². The molecule has 0 rings (SSSR count). The molecule has 0 saturated carbocycles. The maximum atomic E-state index is 2.86. The fourth-order valence-corrected chi connectivity index (χ4v) is 11.3. The number of rotatable bonds is 52. The maximum absolute atomic E-state index is 2.86. The Morgan fingerprint density at radius 1 is 0.233 bits per heavy atom. The number of hydrogen-bond donors (Lipinski definition) is 0. The lowest BCUT2D eigenvalue weighted by Gasteiger charge is -2.38. The Hall–Kier alpha value is 0. The van der Waals surface area contributed by atoms with Gasteiger partial charge in [-0.1, -0.05) is 337 Å². The van der Waals surface area contributed by atoms with E-state index < -0.39 is 0 Å². The van der Waals surface area contributed by atoms with Gasteiger partial charge in [-0.3, -0.25) is 0 Å². The first-order chi connectivity index (χ1) is 29.5. The van der Waals surface area contributed by atoms with E-state index in [9.17, 15) is 0 Å². The Morgan fingerprint density at radius 2 is 0.450 bits per heavy atom. The van der Waals surface area contributed by atoms with Gasteiger partial charge in [0.05, 0.1) is 0 Å². The Kier molecular flexibility index (Phi) is 48.5. The van der Waals surface area contributed by atoms with Crippen LogP contribution in [0, 0.1) is 23.2 Å². The molecular formula is C60H122. The first kappa shape index (κ1) is 60.0. The molecule has 0 aliphatic carbocycles. The summed E-state index contributed by atoms with van der Waals surface area (Å²) in [5.74, 6) is 2.90. The van der Waals surface area contributed by atoms with Gasteiger partial charge in [0.25, 0.3) is 0 Å². The molecule has 362 valence electrons. The Balaban J connectivity index is 6.11. The minimum absolute atomic E-state index is 0.536. The van der Waals surface area contributed by atoms with Gasteiger partial charge in [0.2, 0.25) is 0 Å². The van der Waals surface area contributed by atoms with Crippen LogP contribution in [-0.4, -0.2) is 0 Å². The molecule has 60 heavy (non-hydrogen) atoms. The number of unbranched alkanes of at least 4 members (excludes halogenated alkanes) is 34. The van der Waals surface area contributed by atoms with Crippen LogP contribution in [0.25, 0.3) is 0 Å². The highest BCUT2D eigenvalue weighted by atomic mass is 14.4. The third-order valence-corrected chi connectivity index (χ3v) is 15.2. The third kappa shape index (κ3) is 42.0. The van der Waals surface area contributed by atoms with Crippen molar-refractivity contribution in [1.82, 2.24) is 0 Å². The topological polar surface area (TPSA) is 0 Å². The largest absolute Gasteiger partial charge is 0.0654 e. The van der Waals surface area contributed by atoms with Crippen molar-refractivity contribution in [3.8, 4) is 0 Å². The molecular weight excluding hydrogens is 721 g/mol. The molecule has 0 aromatic heterocycles. The van der Waals surface area contributed by atoms with Crippen LogP contribution in [0.3, 0.4) is 0 Å². The second-order valence-electron chi connectivity index (χ2n) is 21.8. The van der Waals surface area contributed by atoms with E-state index in [4.69, 9.17) is 0 Å². The molecule has 0 N–H and O–H groups in total. The van der Waals surface area contributed by atoms with E-state index in [1.807, 2.05) is 0 Å². The van der Waals surface area contributed by atoms with Gasteiger partial charge in [-0.15, -0.1) is 0 Å². The molecule has 0 bridgehead atoms. The zero-order valence-electron chi connectivity index (χ0n) is 43.9. The summed E-state index contributed by atoms with van der Waals surface area (Å²) in [6.07, 6.45) is 72.2. The average Bonchev–Trinajstić information content (AvgIpc) is 3.24. The second kappa shape index (κ2) is 48.5. The molecule has 0 fully saturated rings. The summed E-state index contributed by atoms with van der Waals surface area (Å²) in [4.78, 5) is 0. The van der Waals surface area contributed by atoms with Crippen LogP contribution in [0.15, 0.2) is 0 Å². The van der Waals surface area contributed by atoms with Crippen LogP contribution in [-0.2, 0) is 0 Å². The van der Waals surface area contributed by atoms with Gasteiger partial charge >= 0.3 is 0 Å². The van der Waals surface area contributed by atoms with Crippen LogP contribution in [0.4, 0.5) is 0 Å². The molecule has 0 aromatic rings. The van der Waals surface area contributed by atoms with Gasteiger partial charge in [0.1, 0.15) is 0 Å². The van der Waals surface area contributed by atoms with E-state index in [-0.39, 0.29) is 0 Å². The van der Waals surface area contributed by atoms with Crippen molar-refractivity contribution in [2.75, 3.05) is 0 Å². The molecule has 0 amide bonds. The van der Waals surface area contributed by atoms with Crippen LogP contribution in [0.1, 0.15) is 363 Å². The summed E-state index contributed by atoms with van der Waals surface area (Å²) in [5.41, 5.74) is 0.536. The van der Waals surface area contributed by atoms with Crippen LogP contribution in [0.5, 0.6) is 0 Å². The molecule has 4 unspecified atom stereocenters. The fraction of sp³-hybridized carbons (Fsp3) is 1.00. The lowest BCUT2D eigenvalue weighted by Crippen LogP contribution is -2.26. The van der Waals surface area contributed by atoms with Crippen LogP contribution in [0.2, 0.25) is 0 Å².